The molecular formula is C15H21N3O2. The van der Waals surface area contributed by atoms with E-state index < -0.39 is 11.5 Å². The molecule has 0 aliphatic rings. The number of rotatable bonds is 5. The van der Waals surface area contributed by atoms with Crippen molar-refractivity contribution in [2.75, 3.05) is 27.7 Å². The number of likely N-dealkylation sites (N-methyl/N-ethyl adjacent to an activating group) is 1. The Bertz CT molecular complexity index is 606. The van der Waals surface area contributed by atoms with Gasteiger partial charge in [-0.3, -0.25) is 4.79 Å². The molecule has 2 aromatic rings. The fourth-order valence-corrected chi connectivity index (χ4v) is 2.58. The van der Waals surface area contributed by atoms with Gasteiger partial charge in [0.25, 0.3) is 0 Å². The summed E-state index contributed by atoms with van der Waals surface area (Å²) in [5.74, 6) is -0.392. The highest BCUT2D eigenvalue weighted by atomic mass is 16.5. The lowest BCUT2D eigenvalue weighted by Gasteiger charge is -2.29. The summed E-state index contributed by atoms with van der Waals surface area (Å²) in [6, 6.07) is 7.97. The monoisotopic (exact) mass is 275 g/mol. The normalized spacial score (nSPS) is 14.4. The zero-order valence-corrected chi connectivity index (χ0v) is 12.1. The van der Waals surface area contributed by atoms with Crippen molar-refractivity contribution in [3.05, 3.63) is 36.0 Å². The van der Waals surface area contributed by atoms with Gasteiger partial charge in [0.15, 0.2) is 0 Å². The molecule has 1 heterocycles. The van der Waals surface area contributed by atoms with E-state index in [1.165, 1.54) is 7.11 Å². The van der Waals surface area contributed by atoms with Gasteiger partial charge in [-0.15, -0.1) is 0 Å². The number of hydrogen-bond donors (Lipinski definition) is 2. The number of benzene rings is 1. The number of nitrogens with zero attached hydrogens (tertiary/aromatic N) is 1. The minimum Gasteiger partial charge on any atom is -0.468 e. The standard InChI is InChI=1S/C15H21N3O2/c1-18(2)10-15(16,14(19)20-3)8-11-9-17-13-7-5-4-6-12(11)13/h4-7,9,17H,8,10,16H2,1-3H3/t15-/m1/s1. The van der Waals surface area contributed by atoms with Crippen LogP contribution >= 0.6 is 0 Å². The van der Waals surface area contributed by atoms with Crippen LogP contribution in [0.4, 0.5) is 0 Å². The molecule has 5 nitrogen and oxygen atoms in total. The first-order valence-electron chi connectivity index (χ1n) is 6.53. The summed E-state index contributed by atoms with van der Waals surface area (Å²) in [5.41, 5.74) is 7.32. The van der Waals surface area contributed by atoms with E-state index in [0.29, 0.717) is 13.0 Å². The van der Waals surface area contributed by atoms with Gasteiger partial charge in [-0.25, -0.2) is 0 Å². The maximum Gasteiger partial charge on any atom is 0.327 e. The van der Waals surface area contributed by atoms with Crippen LogP contribution in [-0.4, -0.2) is 49.1 Å². The predicted octanol–water partition coefficient (Wildman–Crippen LogP) is 1.14. The third-order valence-corrected chi connectivity index (χ3v) is 3.37. The van der Waals surface area contributed by atoms with Crippen molar-refractivity contribution in [1.82, 2.24) is 9.88 Å². The van der Waals surface area contributed by atoms with E-state index >= 15 is 0 Å². The van der Waals surface area contributed by atoms with Crippen molar-refractivity contribution in [2.24, 2.45) is 5.73 Å². The highest BCUT2D eigenvalue weighted by Crippen LogP contribution is 2.22. The molecule has 0 fully saturated rings. The lowest BCUT2D eigenvalue weighted by atomic mass is 9.91. The molecule has 0 unspecified atom stereocenters. The topological polar surface area (TPSA) is 71.3 Å². The summed E-state index contributed by atoms with van der Waals surface area (Å²) < 4.78 is 4.88. The zero-order chi connectivity index (χ0) is 14.8. The maximum atomic E-state index is 12.0. The molecule has 0 aliphatic carbocycles. The van der Waals surface area contributed by atoms with Crippen molar-refractivity contribution in [3.63, 3.8) is 0 Å². The highest BCUT2D eigenvalue weighted by Gasteiger charge is 2.36. The molecule has 1 aromatic carbocycles. The van der Waals surface area contributed by atoms with Crippen molar-refractivity contribution in [3.8, 4) is 0 Å². The zero-order valence-electron chi connectivity index (χ0n) is 12.1. The Kier molecular flexibility index (Phi) is 4.11. The molecule has 0 bridgehead atoms. The van der Waals surface area contributed by atoms with Gasteiger partial charge in [0.2, 0.25) is 0 Å². The Balaban J connectivity index is 2.34. The van der Waals surface area contributed by atoms with Crippen LogP contribution in [-0.2, 0) is 16.0 Å². The van der Waals surface area contributed by atoms with E-state index in [1.54, 1.807) is 0 Å². The lowest BCUT2D eigenvalue weighted by molar-refractivity contribution is -0.147. The molecule has 0 saturated heterocycles. The molecule has 0 spiro atoms. The van der Waals surface area contributed by atoms with Crippen molar-refractivity contribution in [2.45, 2.75) is 12.0 Å². The van der Waals surface area contributed by atoms with Gasteiger partial charge in [-0.2, -0.15) is 0 Å². The van der Waals surface area contributed by atoms with E-state index in [-0.39, 0.29) is 0 Å². The van der Waals surface area contributed by atoms with Gasteiger partial charge in [0, 0.05) is 30.1 Å². The number of aromatic nitrogens is 1. The number of para-hydroxylation sites is 1. The van der Waals surface area contributed by atoms with Crippen LogP contribution in [0, 0.1) is 0 Å². The average molecular weight is 275 g/mol. The number of fused-ring (bicyclic) bond motifs is 1. The summed E-state index contributed by atoms with van der Waals surface area (Å²) in [6.45, 7) is 0.430. The number of ether oxygens (including phenoxy) is 1. The van der Waals surface area contributed by atoms with Gasteiger partial charge in [0.05, 0.1) is 7.11 Å². The van der Waals surface area contributed by atoms with Crippen LogP contribution in [0.15, 0.2) is 30.5 Å². The second-order valence-corrected chi connectivity index (χ2v) is 5.42. The van der Waals surface area contributed by atoms with Crippen LogP contribution in [0.2, 0.25) is 0 Å². The van der Waals surface area contributed by atoms with E-state index in [4.69, 9.17) is 10.5 Å². The van der Waals surface area contributed by atoms with Crippen LogP contribution in [0.25, 0.3) is 10.9 Å². The second-order valence-electron chi connectivity index (χ2n) is 5.42. The summed E-state index contributed by atoms with van der Waals surface area (Å²) >= 11 is 0. The SMILES string of the molecule is COC(=O)[C@@](N)(Cc1c[nH]c2ccccc12)CN(C)C. The number of carbonyl (C=O) groups is 1. The number of aromatic amines is 1. The highest BCUT2D eigenvalue weighted by molar-refractivity contribution is 5.86. The first-order valence-corrected chi connectivity index (χ1v) is 6.53. The van der Waals surface area contributed by atoms with E-state index in [2.05, 4.69) is 4.98 Å². The van der Waals surface area contributed by atoms with E-state index in [0.717, 1.165) is 16.5 Å². The fraction of sp³-hybridized carbons (Fsp3) is 0.400. The predicted molar refractivity (Wildman–Crippen MR) is 79.5 cm³/mol. The van der Waals surface area contributed by atoms with E-state index in [9.17, 15) is 4.79 Å². The van der Waals surface area contributed by atoms with Crippen LogP contribution < -0.4 is 5.73 Å². The minimum atomic E-state index is -1.05. The Morgan fingerprint density at radius 2 is 2.10 bits per heavy atom. The lowest BCUT2D eigenvalue weighted by Crippen LogP contribution is -2.57. The van der Waals surface area contributed by atoms with Gasteiger partial charge >= 0.3 is 5.97 Å². The van der Waals surface area contributed by atoms with Crippen LogP contribution in [0.1, 0.15) is 5.56 Å². The average Bonchev–Trinajstić information content (AvgIpc) is 2.80. The Morgan fingerprint density at radius 1 is 1.40 bits per heavy atom. The first kappa shape index (κ1) is 14.6. The molecule has 3 N–H and O–H groups in total. The largest absolute Gasteiger partial charge is 0.468 e. The molecular weight excluding hydrogens is 254 g/mol. The smallest absolute Gasteiger partial charge is 0.327 e. The van der Waals surface area contributed by atoms with Crippen molar-refractivity contribution < 1.29 is 9.53 Å². The first-order chi connectivity index (χ1) is 9.46. The van der Waals surface area contributed by atoms with Gasteiger partial charge in [-0.05, 0) is 25.7 Å². The molecule has 20 heavy (non-hydrogen) atoms. The number of esters is 1. The maximum absolute atomic E-state index is 12.0. The second kappa shape index (κ2) is 5.64. The number of nitrogens with one attached hydrogen (secondary N) is 1. The van der Waals surface area contributed by atoms with Crippen molar-refractivity contribution >= 4 is 16.9 Å². The summed E-state index contributed by atoms with van der Waals surface area (Å²) in [5, 5.41) is 1.09. The fourth-order valence-electron chi connectivity index (χ4n) is 2.58. The number of methoxy groups -OCH3 is 1. The number of carbonyl (C=O) groups excluding carboxylic acids is 1. The summed E-state index contributed by atoms with van der Waals surface area (Å²) in [6.07, 6.45) is 2.34. The molecule has 0 aliphatic heterocycles. The number of H-pyrrole nitrogens is 1. The molecule has 0 saturated carbocycles. The third kappa shape index (κ3) is 2.84. The van der Waals surface area contributed by atoms with Crippen molar-refractivity contribution in [1.29, 1.82) is 0 Å². The van der Waals surface area contributed by atoms with Gasteiger partial charge < -0.3 is 20.4 Å². The molecule has 2 rings (SSSR count). The van der Waals surface area contributed by atoms with Crippen LogP contribution in [0.5, 0.6) is 0 Å². The molecule has 1 aromatic heterocycles. The van der Waals surface area contributed by atoms with Gasteiger partial charge in [0.1, 0.15) is 5.54 Å². The van der Waals surface area contributed by atoms with Crippen LogP contribution in [0.3, 0.4) is 0 Å². The quantitative estimate of drug-likeness (QED) is 0.803. The Morgan fingerprint density at radius 3 is 2.75 bits per heavy atom. The summed E-state index contributed by atoms with van der Waals surface area (Å²) in [7, 11) is 5.15. The summed E-state index contributed by atoms with van der Waals surface area (Å²) in [4.78, 5) is 17.1. The number of nitrogens with two attached hydrogens (primary N) is 1. The number of hydrogen-bond acceptors (Lipinski definition) is 4. The Hall–Kier alpha value is -1.85. The molecule has 0 amide bonds. The minimum absolute atomic E-state index is 0.392. The van der Waals surface area contributed by atoms with E-state index in [1.807, 2.05) is 49.5 Å². The third-order valence-electron chi connectivity index (χ3n) is 3.37. The molecule has 0 radical (unpaired) electrons. The molecule has 108 valence electrons. The molecule has 1 atom stereocenters. The Labute approximate surface area is 118 Å². The molecule has 5 heteroatoms. The van der Waals surface area contributed by atoms with Gasteiger partial charge in [-0.1, -0.05) is 18.2 Å².